The molecule has 2 unspecified atom stereocenters. The number of hydrogen-bond acceptors (Lipinski definition) is 4. The van der Waals surface area contributed by atoms with Gasteiger partial charge in [0.25, 0.3) is 0 Å². The molecule has 20 heavy (non-hydrogen) atoms. The molecule has 8 heteroatoms. The Hall–Kier alpha value is -1.15. The molecule has 114 valence electrons. The zero-order chi connectivity index (χ0) is 14.9. The van der Waals surface area contributed by atoms with Gasteiger partial charge in [0.15, 0.2) is 0 Å². The lowest BCUT2D eigenvalue weighted by atomic mass is 10.0. The van der Waals surface area contributed by atoms with Crippen LogP contribution in [0.25, 0.3) is 0 Å². The van der Waals surface area contributed by atoms with Crippen LogP contribution in [0.2, 0.25) is 0 Å². The number of carbonyl (C=O) groups is 2. The second-order valence-corrected chi connectivity index (χ2v) is 5.40. The summed E-state index contributed by atoms with van der Waals surface area (Å²) in [4.78, 5) is 26.1. The Morgan fingerprint density at radius 1 is 1.30 bits per heavy atom. The molecule has 1 N–H and O–H groups in total. The first kappa shape index (κ1) is 15.2. The Labute approximate surface area is 115 Å². The minimum atomic E-state index is -4.20. The fourth-order valence-corrected chi connectivity index (χ4v) is 2.80. The van der Waals surface area contributed by atoms with Crippen LogP contribution in [0.4, 0.5) is 13.2 Å². The van der Waals surface area contributed by atoms with E-state index in [1.165, 1.54) is 4.90 Å². The molecule has 2 fully saturated rings. The smallest absolute Gasteiger partial charge is 0.295 e. The lowest BCUT2D eigenvalue weighted by Crippen LogP contribution is -2.61. The van der Waals surface area contributed by atoms with E-state index < -0.39 is 18.8 Å². The largest absolute Gasteiger partial charge is 0.401 e. The van der Waals surface area contributed by atoms with Gasteiger partial charge >= 0.3 is 6.18 Å². The number of carbonyl (C=O) groups excluding carboxylic acids is 2. The fourth-order valence-electron chi connectivity index (χ4n) is 2.80. The zero-order valence-corrected chi connectivity index (χ0v) is 11.2. The van der Waals surface area contributed by atoms with Crippen LogP contribution in [0.3, 0.4) is 0 Å². The average Bonchev–Trinajstić information content (AvgIpc) is 2.30. The lowest BCUT2D eigenvalue weighted by Gasteiger charge is -2.43. The van der Waals surface area contributed by atoms with E-state index in [0.29, 0.717) is 19.5 Å². The highest BCUT2D eigenvalue weighted by Gasteiger charge is 2.38. The maximum Gasteiger partial charge on any atom is 0.401 e. The lowest BCUT2D eigenvalue weighted by molar-refractivity contribution is -0.158. The molecule has 0 aliphatic carbocycles. The van der Waals surface area contributed by atoms with Crippen molar-refractivity contribution in [3.63, 3.8) is 0 Å². The average molecular weight is 293 g/mol. The second-order valence-electron chi connectivity index (χ2n) is 5.40. The van der Waals surface area contributed by atoms with Gasteiger partial charge in [-0.1, -0.05) is 0 Å². The standard InChI is InChI=1S/C12H18F3N3O2/c1-8-6-17(4-5-18(8)7-12(13,14)15)9-2-3-10(19)16-11(9)20/h8-9H,2-7H2,1H3,(H,16,19,20). The van der Waals surface area contributed by atoms with E-state index in [1.54, 1.807) is 6.92 Å². The molecule has 2 amide bonds. The molecule has 0 aromatic rings. The molecule has 2 rings (SSSR count). The number of halogens is 3. The number of nitrogens with one attached hydrogen (secondary N) is 1. The zero-order valence-electron chi connectivity index (χ0n) is 11.2. The highest BCUT2D eigenvalue weighted by Crippen LogP contribution is 2.22. The SMILES string of the molecule is CC1CN(C2CCC(=O)NC2=O)CCN1CC(F)(F)F. The summed E-state index contributed by atoms with van der Waals surface area (Å²) in [7, 11) is 0. The molecule has 2 aliphatic heterocycles. The number of hydrogen-bond donors (Lipinski definition) is 1. The van der Waals surface area contributed by atoms with Gasteiger partial charge in [-0.05, 0) is 13.3 Å². The van der Waals surface area contributed by atoms with Gasteiger partial charge in [-0.2, -0.15) is 13.2 Å². The van der Waals surface area contributed by atoms with E-state index in [0.717, 1.165) is 0 Å². The van der Waals surface area contributed by atoms with Gasteiger partial charge in [0.1, 0.15) is 0 Å². The summed E-state index contributed by atoms with van der Waals surface area (Å²) < 4.78 is 37.2. The van der Waals surface area contributed by atoms with E-state index in [9.17, 15) is 22.8 Å². The maximum atomic E-state index is 12.4. The monoisotopic (exact) mass is 293 g/mol. The fraction of sp³-hybridized carbons (Fsp3) is 0.833. The van der Waals surface area contributed by atoms with Crippen molar-refractivity contribution < 1.29 is 22.8 Å². The Bertz CT molecular complexity index is 400. The van der Waals surface area contributed by atoms with Crippen molar-refractivity contribution >= 4 is 11.8 Å². The Kier molecular flexibility index (Phi) is 4.33. The van der Waals surface area contributed by atoms with Crippen molar-refractivity contribution in [2.24, 2.45) is 0 Å². The van der Waals surface area contributed by atoms with Crippen molar-refractivity contribution in [3.8, 4) is 0 Å². The molecule has 5 nitrogen and oxygen atoms in total. The Morgan fingerprint density at radius 2 is 2.00 bits per heavy atom. The summed E-state index contributed by atoms with van der Waals surface area (Å²) in [5, 5.41) is 2.28. The molecule has 2 heterocycles. The Morgan fingerprint density at radius 3 is 2.55 bits per heavy atom. The highest BCUT2D eigenvalue weighted by atomic mass is 19.4. The van der Waals surface area contributed by atoms with Crippen molar-refractivity contribution in [2.75, 3.05) is 26.2 Å². The van der Waals surface area contributed by atoms with Gasteiger partial charge in [0, 0.05) is 32.1 Å². The van der Waals surface area contributed by atoms with Crippen LogP contribution < -0.4 is 5.32 Å². The highest BCUT2D eigenvalue weighted by molar-refractivity contribution is 6.00. The van der Waals surface area contributed by atoms with E-state index in [4.69, 9.17) is 0 Å². The van der Waals surface area contributed by atoms with Crippen LogP contribution in [0.15, 0.2) is 0 Å². The first-order valence-electron chi connectivity index (χ1n) is 6.65. The third-order valence-electron chi connectivity index (χ3n) is 3.83. The summed E-state index contributed by atoms with van der Waals surface area (Å²) in [6.45, 7) is 1.90. The molecule has 0 spiro atoms. The van der Waals surface area contributed by atoms with E-state index in [2.05, 4.69) is 5.32 Å². The minimum absolute atomic E-state index is 0.268. The summed E-state index contributed by atoms with van der Waals surface area (Å²) in [5.74, 6) is -0.618. The number of piperidine rings is 1. The molecule has 0 saturated carbocycles. The number of nitrogens with zero attached hydrogens (tertiary/aromatic N) is 2. The van der Waals surface area contributed by atoms with Crippen LogP contribution >= 0.6 is 0 Å². The summed E-state index contributed by atoms with van der Waals surface area (Å²) in [6.07, 6.45) is -3.48. The van der Waals surface area contributed by atoms with Gasteiger partial charge in [-0.3, -0.25) is 24.7 Å². The molecule has 2 atom stereocenters. The normalized spacial score (nSPS) is 30.4. The summed E-state index contributed by atoms with van der Waals surface area (Å²) in [6, 6.07) is -0.668. The van der Waals surface area contributed by atoms with Crippen LogP contribution in [-0.4, -0.2) is 66.1 Å². The van der Waals surface area contributed by atoms with Crippen molar-refractivity contribution in [1.82, 2.24) is 15.1 Å². The van der Waals surface area contributed by atoms with Gasteiger partial charge < -0.3 is 0 Å². The third-order valence-corrected chi connectivity index (χ3v) is 3.83. The number of piperazine rings is 1. The number of rotatable bonds is 2. The predicted octanol–water partition coefficient (Wildman–Crippen LogP) is 0.360. The maximum absolute atomic E-state index is 12.4. The van der Waals surface area contributed by atoms with Gasteiger partial charge in [-0.25, -0.2) is 0 Å². The molecule has 0 radical (unpaired) electrons. The number of imide groups is 1. The van der Waals surface area contributed by atoms with E-state index in [1.807, 2.05) is 4.90 Å². The van der Waals surface area contributed by atoms with Gasteiger partial charge in [-0.15, -0.1) is 0 Å². The van der Waals surface area contributed by atoms with Crippen molar-refractivity contribution in [1.29, 1.82) is 0 Å². The van der Waals surface area contributed by atoms with Gasteiger partial charge in [0.2, 0.25) is 11.8 Å². The van der Waals surface area contributed by atoms with Crippen LogP contribution in [0.5, 0.6) is 0 Å². The first-order valence-corrected chi connectivity index (χ1v) is 6.65. The molecule has 0 bridgehead atoms. The summed E-state index contributed by atoms with van der Waals surface area (Å²) in [5.41, 5.74) is 0. The molecule has 0 aromatic carbocycles. The molecule has 2 saturated heterocycles. The Balaban J connectivity index is 1.92. The second kappa shape index (κ2) is 5.69. The van der Waals surface area contributed by atoms with Crippen molar-refractivity contribution in [2.45, 2.75) is 38.0 Å². The molecule has 0 aromatic heterocycles. The number of alkyl halides is 3. The van der Waals surface area contributed by atoms with Crippen LogP contribution in [0.1, 0.15) is 19.8 Å². The van der Waals surface area contributed by atoms with E-state index in [-0.39, 0.29) is 30.8 Å². The minimum Gasteiger partial charge on any atom is -0.295 e. The topological polar surface area (TPSA) is 52.7 Å². The van der Waals surface area contributed by atoms with Crippen LogP contribution in [-0.2, 0) is 9.59 Å². The van der Waals surface area contributed by atoms with Crippen molar-refractivity contribution in [3.05, 3.63) is 0 Å². The number of amides is 2. The first-order chi connectivity index (χ1) is 9.26. The molecular formula is C12H18F3N3O2. The third kappa shape index (κ3) is 3.69. The van der Waals surface area contributed by atoms with E-state index >= 15 is 0 Å². The quantitative estimate of drug-likeness (QED) is 0.747. The molecule has 2 aliphatic rings. The summed E-state index contributed by atoms with van der Waals surface area (Å²) >= 11 is 0. The predicted molar refractivity (Wildman–Crippen MR) is 64.8 cm³/mol. The van der Waals surface area contributed by atoms with Gasteiger partial charge in [0.05, 0.1) is 12.6 Å². The van der Waals surface area contributed by atoms with Crippen LogP contribution in [0, 0.1) is 0 Å². The molecular weight excluding hydrogens is 275 g/mol.